The molecule has 0 radical (unpaired) electrons. The summed E-state index contributed by atoms with van der Waals surface area (Å²) in [6.07, 6.45) is -0.106. The van der Waals surface area contributed by atoms with Crippen LogP contribution < -0.4 is 0 Å². The molecule has 0 nitrogen and oxygen atoms in total. The maximum absolute atomic E-state index is 11.7. The molecule has 6 heavy (non-hydrogen) atoms. The van der Waals surface area contributed by atoms with E-state index in [-0.39, 0.29) is 0 Å². The Morgan fingerprint density at radius 3 is 2.33 bits per heavy atom. The van der Waals surface area contributed by atoms with Crippen LogP contribution >= 0.6 is 12.6 Å². The molecule has 0 saturated carbocycles. The lowest BCUT2D eigenvalue weighted by atomic mass is 10.3. The molecule has 1 atom stereocenters. The highest BCUT2D eigenvalue weighted by molar-refractivity contribution is 7.80. The quantitative estimate of drug-likeness (QED) is 0.511. The first-order valence-electron chi connectivity index (χ1n) is 2.02. The van der Waals surface area contributed by atoms with E-state index in [1.807, 2.05) is 0 Å². The predicted molar refractivity (Wildman–Crippen MR) is 29.0 cm³/mol. The van der Waals surface area contributed by atoms with Crippen LogP contribution in [-0.4, -0.2) is 11.9 Å². The van der Waals surface area contributed by atoms with Gasteiger partial charge >= 0.3 is 0 Å². The summed E-state index contributed by atoms with van der Waals surface area (Å²) in [5.74, 6) is 0.650. The Morgan fingerprint density at radius 1 is 1.83 bits per heavy atom. The molecule has 0 saturated heterocycles. The van der Waals surface area contributed by atoms with E-state index in [1.165, 1.54) is 6.92 Å². The summed E-state index contributed by atoms with van der Waals surface area (Å²) in [6, 6.07) is 0. The van der Waals surface area contributed by atoms with Gasteiger partial charge in [-0.25, -0.2) is 4.39 Å². The Bertz CT molecular complexity index is 28.7. The summed E-state index contributed by atoms with van der Waals surface area (Å²) < 4.78 is 11.7. The van der Waals surface area contributed by atoms with Gasteiger partial charge in [0.2, 0.25) is 0 Å². The molecule has 0 rings (SSSR count). The van der Waals surface area contributed by atoms with Crippen LogP contribution in [-0.2, 0) is 0 Å². The van der Waals surface area contributed by atoms with E-state index in [0.29, 0.717) is 12.2 Å². The molecule has 0 aromatic rings. The van der Waals surface area contributed by atoms with Crippen molar-refractivity contribution in [2.45, 2.75) is 19.5 Å². The molecule has 0 fully saturated rings. The van der Waals surface area contributed by atoms with Crippen molar-refractivity contribution in [3.8, 4) is 0 Å². The lowest BCUT2D eigenvalue weighted by molar-refractivity contribution is 0.355. The van der Waals surface area contributed by atoms with Crippen LogP contribution in [0.5, 0.6) is 0 Å². The van der Waals surface area contributed by atoms with Crippen molar-refractivity contribution >= 4 is 12.6 Å². The van der Waals surface area contributed by atoms with E-state index in [4.69, 9.17) is 0 Å². The lowest BCUT2D eigenvalue weighted by Gasteiger charge is -1.91. The van der Waals surface area contributed by atoms with E-state index in [0.717, 1.165) is 0 Å². The third kappa shape index (κ3) is 4.28. The lowest BCUT2D eigenvalue weighted by Crippen LogP contribution is -1.90. The van der Waals surface area contributed by atoms with Crippen molar-refractivity contribution in [2.75, 3.05) is 5.75 Å². The van der Waals surface area contributed by atoms with Gasteiger partial charge in [0.25, 0.3) is 0 Å². The second kappa shape index (κ2) is 3.47. The predicted octanol–water partition coefficient (Wildman–Crippen LogP) is 1.66. The minimum absolute atomic E-state index is 0.573. The fourth-order valence-corrected chi connectivity index (χ4v) is 0.534. The van der Waals surface area contributed by atoms with Crippen LogP contribution in [0.1, 0.15) is 13.3 Å². The average molecular weight is 108 g/mol. The summed E-state index contributed by atoms with van der Waals surface area (Å²) in [4.78, 5) is 0. The van der Waals surface area contributed by atoms with Crippen LogP contribution in [0.25, 0.3) is 0 Å². The fourth-order valence-electron chi connectivity index (χ4n) is 0.178. The number of hydrogen-bond acceptors (Lipinski definition) is 1. The highest BCUT2D eigenvalue weighted by atomic mass is 32.1. The fraction of sp³-hybridized carbons (Fsp3) is 1.00. The molecule has 1 unspecified atom stereocenters. The summed E-state index contributed by atoms with van der Waals surface area (Å²) in [7, 11) is 0. The normalized spacial score (nSPS) is 14.5. The monoisotopic (exact) mass is 108 g/mol. The van der Waals surface area contributed by atoms with E-state index in [9.17, 15) is 4.39 Å². The van der Waals surface area contributed by atoms with Gasteiger partial charge in [-0.05, 0) is 19.1 Å². The van der Waals surface area contributed by atoms with Crippen LogP contribution in [0.3, 0.4) is 0 Å². The zero-order valence-corrected chi connectivity index (χ0v) is 4.71. The van der Waals surface area contributed by atoms with E-state index < -0.39 is 6.17 Å². The van der Waals surface area contributed by atoms with Gasteiger partial charge < -0.3 is 0 Å². The molecular weight excluding hydrogens is 99.1 g/mol. The van der Waals surface area contributed by atoms with Crippen LogP contribution in [0, 0.1) is 0 Å². The molecule has 0 aliphatic heterocycles. The number of alkyl halides is 1. The van der Waals surface area contributed by atoms with Crippen LogP contribution in [0.4, 0.5) is 4.39 Å². The van der Waals surface area contributed by atoms with Gasteiger partial charge in [0.05, 0.1) is 6.17 Å². The second-order valence-electron chi connectivity index (χ2n) is 1.29. The first-order valence-corrected chi connectivity index (χ1v) is 2.65. The van der Waals surface area contributed by atoms with Gasteiger partial charge in [-0.15, -0.1) is 0 Å². The van der Waals surface area contributed by atoms with Crippen molar-refractivity contribution < 1.29 is 4.39 Å². The molecule has 0 aromatic heterocycles. The number of rotatable bonds is 2. The van der Waals surface area contributed by atoms with Gasteiger partial charge in [0.1, 0.15) is 0 Å². The third-order valence-electron chi connectivity index (χ3n) is 0.527. The van der Waals surface area contributed by atoms with Gasteiger partial charge in [-0.3, -0.25) is 0 Å². The third-order valence-corrected chi connectivity index (χ3v) is 0.785. The van der Waals surface area contributed by atoms with Crippen molar-refractivity contribution in [2.24, 2.45) is 0 Å². The molecule has 0 aliphatic carbocycles. The molecule has 0 aliphatic rings. The van der Waals surface area contributed by atoms with Gasteiger partial charge in [-0.2, -0.15) is 12.6 Å². The maximum Gasteiger partial charge on any atom is 0.0981 e. The topological polar surface area (TPSA) is 0 Å². The van der Waals surface area contributed by atoms with Gasteiger partial charge in [0.15, 0.2) is 0 Å². The molecule has 2 heteroatoms. The average Bonchev–Trinajstić information content (AvgIpc) is 1.35. The molecule has 0 spiro atoms. The smallest absolute Gasteiger partial charge is 0.0981 e. The Morgan fingerprint density at radius 2 is 2.33 bits per heavy atom. The molecule has 0 bridgehead atoms. The van der Waals surface area contributed by atoms with Gasteiger partial charge in [0, 0.05) is 0 Å². The summed E-state index contributed by atoms with van der Waals surface area (Å²) in [5, 5.41) is 0. The van der Waals surface area contributed by atoms with Crippen molar-refractivity contribution in [3.63, 3.8) is 0 Å². The Balaban J connectivity index is 2.63. The maximum atomic E-state index is 11.7. The Labute approximate surface area is 43.2 Å². The number of hydrogen-bond donors (Lipinski definition) is 1. The zero-order chi connectivity index (χ0) is 4.99. The van der Waals surface area contributed by atoms with E-state index in [2.05, 4.69) is 12.6 Å². The van der Waals surface area contributed by atoms with Crippen LogP contribution in [0.15, 0.2) is 0 Å². The number of halogens is 1. The van der Waals surface area contributed by atoms with Crippen molar-refractivity contribution in [1.29, 1.82) is 0 Å². The largest absolute Gasteiger partial charge is 0.248 e. The standard InChI is InChI=1S/C4H9FS/c1-4(5)2-3-6/h4,6H,2-3H2,1H3. The zero-order valence-electron chi connectivity index (χ0n) is 3.82. The van der Waals surface area contributed by atoms with Crippen molar-refractivity contribution in [3.05, 3.63) is 0 Å². The number of thiol groups is 1. The first kappa shape index (κ1) is 6.28. The van der Waals surface area contributed by atoms with E-state index in [1.54, 1.807) is 0 Å². The minimum Gasteiger partial charge on any atom is -0.248 e. The van der Waals surface area contributed by atoms with Crippen LogP contribution in [0.2, 0.25) is 0 Å². The highest BCUT2D eigenvalue weighted by Crippen LogP contribution is 1.95. The summed E-state index contributed by atoms with van der Waals surface area (Å²) >= 11 is 3.82. The molecular formula is C4H9FS. The van der Waals surface area contributed by atoms with Gasteiger partial charge in [-0.1, -0.05) is 0 Å². The summed E-state index contributed by atoms with van der Waals surface area (Å²) in [5.41, 5.74) is 0. The van der Waals surface area contributed by atoms with Crippen molar-refractivity contribution in [1.82, 2.24) is 0 Å². The van der Waals surface area contributed by atoms with E-state index >= 15 is 0 Å². The molecule has 0 N–H and O–H groups in total. The Kier molecular flexibility index (Phi) is 3.63. The molecule has 38 valence electrons. The second-order valence-corrected chi connectivity index (χ2v) is 1.74. The Hall–Kier alpha value is 0.280. The summed E-state index contributed by atoms with van der Waals surface area (Å²) in [6.45, 7) is 1.54. The minimum atomic E-state index is -0.678. The highest BCUT2D eigenvalue weighted by Gasteiger charge is 1.90. The molecule has 0 heterocycles. The first-order chi connectivity index (χ1) is 2.77. The molecule has 0 amide bonds. The SMILES string of the molecule is CC(F)CCS. The molecule has 0 aromatic carbocycles.